The van der Waals surface area contributed by atoms with Crippen LogP contribution in [0.2, 0.25) is 0 Å². The molecule has 0 aliphatic carbocycles. The number of aryl methyl sites for hydroxylation is 1. The van der Waals surface area contributed by atoms with Crippen molar-refractivity contribution in [2.75, 3.05) is 0 Å². The Kier molecular flexibility index (Phi) is 4.65. The van der Waals surface area contributed by atoms with Crippen molar-refractivity contribution in [3.8, 4) is 11.4 Å². The predicted molar refractivity (Wildman–Crippen MR) is 90.9 cm³/mol. The number of aromatic nitrogens is 4. The van der Waals surface area contributed by atoms with Gasteiger partial charge in [-0.15, -0.1) is 0 Å². The third-order valence-corrected chi connectivity index (χ3v) is 4.09. The van der Waals surface area contributed by atoms with Gasteiger partial charge in [-0.1, -0.05) is 43.3 Å². The molecule has 0 aliphatic rings. The molecule has 0 fully saturated rings. The fraction of sp³-hybridized carbons (Fsp3) is 0.333. The molecule has 130 valence electrons. The van der Waals surface area contributed by atoms with Gasteiger partial charge in [-0.3, -0.25) is 4.68 Å². The van der Waals surface area contributed by atoms with Gasteiger partial charge in [0.2, 0.25) is 5.82 Å². The molecule has 0 spiro atoms. The van der Waals surface area contributed by atoms with E-state index in [0.717, 1.165) is 11.3 Å². The Balaban J connectivity index is 1.65. The smallest absolute Gasteiger partial charge is 0.342 e. The number of ether oxygens (including phenoxy) is 1. The average molecular weight is 340 g/mol. The monoisotopic (exact) mass is 340 g/mol. The lowest BCUT2D eigenvalue weighted by Gasteiger charge is -2.04. The molecule has 0 aliphatic heterocycles. The lowest BCUT2D eigenvalue weighted by molar-refractivity contribution is 0.0429. The minimum Gasteiger partial charge on any atom is -0.452 e. The van der Waals surface area contributed by atoms with Crippen LogP contribution < -0.4 is 0 Å². The third kappa shape index (κ3) is 3.60. The highest BCUT2D eigenvalue weighted by Crippen LogP contribution is 2.20. The SMILES string of the molecule is Cc1c(C(=O)OCc2nc(-c3ccc(C(C)C)cc3)no2)cnn1C. The van der Waals surface area contributed by atoms with Crippen LogP contribution in [0.1, 0.15) is 47.3 Å². The van der Waals surface area contributed by atoms with E-state index in [0.29, 0.717) is 17.3 Å². The van der Waals surface area contributed by atoms with Gasteiger partial charge in [-0.05, 0) is 18.4 Å². The third-order valence-electron chi connectivity index (χ3n) is 4.09. The molecule has 0 atom stereocenters. The number of carbonyl (C=O) groups is 1. The van der Waals surface area contributed by atoms with Gasteiger partial charge in [-0.25, -0.2) is 4.79 Å². The van der Waals surface area contributed by atoms with Gasteiger partial charge < -0.3 is 9.26 Å². The summed E-state index contributed by atoms with van der Waals surface area (Å²) < 4.78 is 12.0. The van der Waals surface area contributed by atoms with Crippen LogP contribution in [0.25, 0.3) is 11.4 Å². The molecule has 1 aromatic carbocycles. The summed E-state index contributed by atoms with van der Waals surface area (Å²) in [6.07, 6.45) is 1.48. The molecule has 0 radical (unpaired) electrons. The summed E-state index contributed by atoms with van der Waals surface area (Å²) in [5, 5.41) is 7.96. The maximum absolute atomic E-state index is 12.1. The maximum Gasteiger partial charge on any atom is 0.342 e. The molecule has 25 heavy (non-hydrogen) atoms. The van der Waals surface area contributed by atoms with Crippen LogP contribution in [0.4, 0.5) is 0 Å². The summed E-state index contributed by atoms with van der Waals surface area (Å²) >= 11 is 0. The fourth-order valence-corrected chi connectivity index (χ4v) is 2.35. The number of carbonyl (C=O) groups excluding carboxylic acids is 1. The first-order valence-electron chi connectivity index (χ1n) is 8.04. The van der Waals surface area contributed by atoms with Gasteiger partial charge in [0, 0.05) is 18.3 Å². The maximum atomic E-state index is 12.1. The zero-order valence-corrected chi connectivity index (χ0v) is 14.7. The van der Waals surface area contributed by atoms with Crippen molar-refractivity contribution in [2.24, 2.45) is 7.05 Å². The van der Waals surface area contributed by atoms with Crippen LogP contribution in [-0.2, 0) is 18.4 Å². The molecule has 0 unspecified atom stereocenters. The summed E-state index contributed by atoms with van der Waals surface area (Å²) in [4.78, 5) is 16.3. The first-order valence-corrected chi connectivity index (χ1v) is 8.04. The molecule has 3 aromatic rings. The van der Waals surface area contributed by atoms with E-state index >= 15 is 0 Å². The van der Waals surface area contributed by atoms with Crippen molar-refractivity contribution in [2.45, 2.75) is 33.3 Å². The normalized spacial score (nSPS) is 11.1. The van der Waals surface area contributed by atoms with Crippen molar-refractivity contribution in [3.63, 3.8) is 0 Å². The number of hydrogen-bond acceptors (Lipinski definition) is 6. The Hall–Kier alpha value is -2.96. The highest BCUT2D eigenvalue weighted by Gasteiger charge is 2.16. The second kappa shape index (κ2) is 6.88. The van der Waals surface area contributed by atoms with E-state index in [1.54, 1.807) is 18.7 Å². The van der Waals surface area contributed by atoms with Gasteiger partial charge in [0.25, 0.3) is 5.89 Å². The molecular weight excluding hydrogens is 320 g/mol. The molecule has 0 bridgehead atoms. The quantitative estimate of drug-likeness (QED) is 0.663. The molecule has 7 nitrogen and oxygen atoms in total. The number of benzene rings is 1. The van der Waals surface area contributed by atoms with Gasteiger partial charge >= 0.3 is 5.97 Å². The Bertz CT molecular complexity index is 878. The van der Waals surface area contributed by atoms with E-state index in [1.807, 2.05) is 24.3 Å². The summed E-state index contributed by atoms with van der Waals surface area (Å²) in [7, 11) is 1.76. The molecule has 0 saturated carbocycles. The summed E-state index contributed by atoms with van der Waals surface area (Å²) in [5.41, 5.74) is 3.26. The number of esters is 1. The highest BCUT2D eigenvalue weighted by molar-refractivity contribution is 5.90. The first-order chi connectivity index (χ1) is 12.0. The zero-order valence-electron chi connectivity index (χ0n) is 14.7. The Morgan fingerprint density at radius 1 is 1.28 bits per heavy atom. The Morgan fingerprint density at radius 3 is 2.60 bits per heavy atom. The molecule has 0 amide bonds. The largest absolute Gasteiger partial charge is 0.452 e. The van der Waals surface area contributed by atoms with Gasteiger partial charge in [0.1, 0.15) is 5.56 Å². The van der Waals surface area contributed by atoms with Crippen LogP contribution >= 0.6 is 0 Å². The van der Waals surface area contributed by atoms with E-state index < -0.39 is 5.97 Å². The Morgan fingerprint density at radius 2 is 2.00 bits per heavy atom. The predicted octanol–water partition coefficient (Wildman–Crippen LogP) is 3.26. The summed E-state index contributed by atoms with van der Waals surface area (Å²) in [5.74, 6) is 0.716. The zero-order chi connectivity index (χ0) is 18.0. The van der Waals surface area contributed by atoms with Gasteiger partial charge in [-0.2, -0.15) is 10.1 Å². The van der Waals surface area contributed by atoms with Crippen LogP contribution in [-0.4, -0.2) is 25.9 Å². The van der Waals surface area contributed by atoms with Crippen molar-refractivity contribution in [3.05, 3.63) is 53.2 Å². The fourth-order valence-electron chi connectivity index (χ4n) is 2.35. The van der Waals surface area contributed by atoms with Crippen LogP contribution in [0.15, 0.2) is 35.0 Å². The molecule has 2 aromatic heterocycles. The van der Waals surface area contributed by atoms with Crippen LogP contribution in [0, 0.1) is 6.92 Å². The molecule has 0 N–H and O–H groups in total. The minimum absolute atomic E-state index is 0.0791. The summed E-state index contributed by atoms with van der Waals surface area (Å²) in [6, 6.07) is 7.99. The van der Waals surface area contributed by atoms with Crippen molar-refractivity contribution in [1.29, 1.82) is 0 Å². The number of rotatable bonds is 5. The topological polar surface area (TPSA) is 83.0 Å². The first kappa shape index (κ1) is 16.9. The van der Waals surface area contributed by atoms with Gasteiger partial charge in [0.15, 0.2) is 6.61 Å². The van der Waals surface area contributed by atoms with E-state index in [9.17, 15) is 4.79 Å². The van der Waals surface area contributed by atoms with Crippen molar-refractivity contribution < 1.29 is 14.1 Å². The van der Waals surface area contributed by atoms with Crippen molar-refractivity contribution in [1.82, 2.24) is 19.9 Å². The van der Waals surface area contributed by atoms with Gasteiger partial charge in [0.05, 0.1) is 6.20 Å². The van der Waals surface area contributed by atoms with Crippen LogP contribution in [0.5, 0.6) is 0 Å². The van der Waals surface area contributed by atoms with Crippen LogP contribution in [0.3, 0.4) is 0 Å². The second-order valence-electron chi connectivity index (χ2n) is 6.13. The minimum atomic E-state index is -0.466. The average Bonchev–Trinajstić information content (AvgIpc) is 3.21. The number of nitrogens with zero attached hydrogens (tertiary/aromatic N) is 4. The lowest BCUT2D eigenvalue weighted by Crippen LogP contribution is -2.07. The molecule has 3 rings (SSSR count). The van der Waals surface area contributed by atoms with Crippen molar-refractivity contribution >= 4 is 5.97 Å². The Labute approximate surface area is 145 Å². The lowest BCUT2D eigenvalue weighted by atomic mass is 10.0. The van der Waals surface area contributed by atoms with E-state index in [4.69, 9.17) is 9.26 Å². The molecule has 2 heterocycles. The summed E-state index contributed by atoms with van der Waals surface area (Å²) in [6.45, 7) is 6.00. The highest BCUT2D eigenvalue weighted by atomic mass is 16.6. The second-order valence-corrected chi connectivity index (χ2v) is 6.13. The van der Waals surface area contributed by atoms with E-state index in [-0.39, 0.29) is 12.5 Å². The van der Waals surface area contributed by atoms with E-state index in [1.165, 1.54) is 11.8 Å². The van der Waals surface area contributed by atoms with E-state index in [2.05, 4.69) is 29.1 Å². The number of hydrogen-bond donors (Lipinski definition) is 0. The standard InChI is InChI=1S/C18H20N4O3/c1-11(2)13-5-7-14(8-6-13)17-20-16(25-21-17)10-24-18(23)15-9-19-22(4)12(15)3/h5-9,11H,10H2,1-4H3. The molecule has 0 saturated heterocycles. The molecule has 7 heteroatoms. The molecular formula is C18H20N4O3.